The molecule has 2 aromatic carbocycles. The van der Waals surface area contributed by atoms with Gasteiger partial charge in [0.15, 0.2) is 11.5 Å². The fraction of sp³-hybridized carbons (Fsp3) is 0.385. The Morgan fingerprint density at radius 2 is 1.79 bits per heavy atom. The molecule has 0 spiro atoms. The zero-order valence-corrected chi connectivity index (χ0v) is 20.1. The molecule has 0 saturated heterocycles. The second kappa shape index (κ2) is 10.5. The highest BCUT2D eigenvalue weighted by Crippen LogP contribution is 2.31. The van der Waals surface area contributed by atoms with Gasteiger partial charge in [-0.05, 0) is 68.7 Å². The third kappa shape index (κ3) is 5.92. The number of amides is 1. The maximum atomic E-state index is 13.3. The number of carbonyl (C=O) groups is 1. The molecule has 0 fully saturated rings. The van der Waals surface area contributed by atoms with Crippen molar-refractivity contribution in [2.75, 3.05) is 13.7 Å². The summed E-state index contributed by atoms with van der Waals surface area (Å²) >= 11 is 0. The van der Waals surface area contributed by atoms with E-state index in [1.165, 1.54) is 12.1 Å². The van der Waals surface area contributed by atoms with Gasteiger partial charge >= 0.3 is 0 Å². The molecule has 0 aliphatic heterocycles. The second-order valence-corrected chi connectivity index (χ2v) is 8.62. The van der Waals surface area contributed by atoms with Crippen molar-refractivity contribution in [1.29, 1.82) is 0 Å². The van der Waals surface area contributed by atoms with Crippen LogP contribution in [0.2, 0.25) is 0 Å². The minimum Gasteiger partial charge on any atom is -0.493 e. The molecule has 1 unspecified atom stereocenters. The number of rotatable bonds is 9. The molecule has 3 rings (SSSR count). The molecular weight excluding hydrogens is 421 g/mol. The third-order valence-electron chi connectivity index (χ3n) is 5.49. The first-order valence-corrected chi connectivity index (χ1v) is 11.1. The van der Waals surface area contributed by atoms with Crippen LogP contribution in [-0.2, 0) is 11.2 Å². The van der Waals surface area contributed by atoms with Crippen LogP contribution in [0.15, 0.2) is 42.5 Å². The number of nitrogens with zero attached hydrogens (tertiary/aromatic N) is 2. The lowest BCUT2D eigenvalue weighted by atomic mass is 10.1. The lowest BCUT2D eigenvalue weighted by molar-refractivity contribution is -0.121. The van der Waals surface area contributed by atoms with Crippen molar-refractivity contribution in [2.24, 2.45) is 5.92 Å². The first-order valence-electron chi connectivity index (χ1n) is 11.1. The number of nitrogens with one attached hydrogen (secondary N) is 1. The Labute approximate surface area is 194 Å². The third-order valence-corrected chi connectivity index (χ3v) is 5.49. The maximum Gasteiger partial charge on any atom is 0.225 e. The topological polar surface area (TPSA) is 65.4 Å². The summed E-state index contributed by atoms with van der Waals surface area (Å²) in [5.74, 6) is 1.33. The highest BCUT2D eigenvalue weighted by Gasteiger charge is 2.18. The van der Waals surface area contributed by atoms with Gasteiger partial charge in [-0.15, -0.1) is 0 Å². The molecule has 7 heteroatoms. The summed E-state index contributed by atoms with van der Waals surface area (Å²) in [6, 6.07) is 11.6. The number of halogens is 1. The van der Waals surface area contributed by atoms with Crippen molar-refractivity contribution in [3.63, 3.8) is 0 Å². The van der Waals surface area contributed by atoms with Crippen molar-refractivity contribution in [2.45, 2.75) is 47.1 Å². The van der Waals surface area contributed by atoms with Crippen LogP contribution in [0.1, 0.15) is 49.3 Å². The fourth-order valence-electron chi connectivity index (χ4n) is 3.63. The summed E-state index contributed by atoms with van der Waals surface area (Å²) < 4.78 is 26.3. The van der Waals surface area contributed by atoms with Gasteiger partial charge < -0.3 is 14.8 Å². The minimum absolute atomic E-state index is 0.105. The maximum absolute atomic E-state index is 13.3. The largest absolute Gasteiger partial charge is 0.493 e. The van der Waals surface area contributed by atoms with Crippen LogP contribution in [0.4, 0.5) is 4.39 Å². The van der Waals surface area contributed by atoms with E-state index in [1.807, 2.05) is 39.0 Å². The van der Waals surface area contributed by atoms with Crippen molar-refractivity contribution in [3.8, 4) is 17.2 Å². The average Bonchev–Trinajstić information content (AvgIpc) is 3.06. The molecule has 1 N–H and O–H groups in total. The molecule has 6 nitrogen and oxygen atoms in total. The van der Waals surface area contributed by atoms with Crippen molar-refractivity contribution < 1.29 is 18.7 Å². The first kappa shape index (κ1) is 24.3. The van der Waals surface area contributed by atoms with E-state index >= 15 is 0 Å². The van der Waals surface area contributed by atoms with Crippen molar-refractivity contribution >= 4 is 5.91 Å². The molecule has 33 heavy (non-hydrogen) atoms. The SMILES string of the molecule is COc1cc(C(C)NC(=O)Cc2c(C)nn(-c3ccc(F)cc3)c2C)ccc1OCC(C)C. The summed E-state index contributed by atoms with van der Waals surface area (Å²) in [5, 5.41) is 7.60. The van der Waals surface area contributed by atoms with Gasteiger partial charge in [0.1, 0.15) is 5.82 Å². The predicted octanol–water partition coefficient (Wildman–Crippen LogP) is 5.09. The zero-order valence-electron chi connectivity index (χ0n) is 20.1. The highest BCUT2D eigenvalue weighted by molar-refractivity contribution is 5.79. The van der Waals surface area contributed by atoms with E-state index < -0.39 is 0 Å². The molecule has 1 aromatic heterocycles. The number of aryl methyl sites for hydroxylation is 1. The Hall–Kier alpha value is -3.35. The number of hydrogen-bond donors (Lipinski definition) is 1. The van der Waals surface area contributed by atoms with Crippen LogP contribution in [-0.4, -0.2) is 29.4 Å². The summed E-state index contributed by atoms with van der Waals surface area (Å²) in [6.07, 6.45) is 0.204. The Kier molecular flexibility index (Phi) is 7.74. The van der Waals surface area contributed by atoms with E-state index in [-0.39, 0.29) is 24.2 Å². The molecule has 0 bridgehead atoms. The smallest absolute Gasteiger partial charge is 0.225 e. The Bertz CT molecular complexity index is 1110. The Balaban J connectivity index is 1.70. The molecule has 0 aliphatic carbocycles. The predicted molar refractivity (Wildman–Crippen MR) is 127 cm³/mol. The first-order chi connectivity index (χ1) is 15.7. The van der Waals surface area contributed by atoms with Gasteiger partial charge in [-0.25, -0.2) is 9.07 Å². The van der Waals surface area contributed by atoms with Crippen LogP contribution in [0.5, 0.6) is 11.5 Å². The fourth-order valence-corrected chi connectivity index (χ4v) is 3.63. The van der Waals surface area contributed by atoms with Gasteiger partial charge in [0.2, 0.25) is 5.91 Å². The van der Waals surface area contributed by atoms with E-state index in [1.54, 1.807) is 23.9 Å². The lowest BCUT2D eigenvalue weighted by Crippen LogP contribution is -2.28. The van der Waals surface area contributed by atoms with Crippen LogP contribution in [0.3, 0.4) is 0 Å². The van der Waals surface area contributed by atoms with Crippen molar-refractivity contribution in [3.05, 3.63) is 70.8 Å². The standard InChI is InChI=1S/C26H32FN3O3/c1-16(2)15-33-24-12-7-20(13-25(24)32-6)17(3)28-26(31)14-23-18(4)29-30(19(23)5)22-10-8-21(27)9-11-22/h7-13,16-17H,14-15H2,1-6H3,(H,28,31). The lowest BCUT2D eigenvalue weighted by Gasteiger charge is -2.18. The highest BCUT2D eigenvalue weighted by atomic mass is 19.1. The monoisotopic (exact) mass is 453 g/mol. The quantitative estimate of drug-likeness (QED) is 0.490. The zero-order chi connectivity index (χ0) is 24.1. The second-order valence-electron chi connectivity index (χ2n) is 8.62. The number of methoxy groups -OCH3 is 1. The van der Waals surface area contributed by atoms with E-state index in [0.717, 1.165) is 28.2 Å². The molecule has 1 amide bonds. The molecule has 0 radical (unpaired) electrons. The van der Waals surface area contributed by atoms with Gasteiger partial charge in [-0.2, -0.15) is 5.10 Å². The summed E-state index contributed by atoms with van der Waals surface area (Å²) in [4.78, 5) is 12.8. The number of carbonyl (C=O) groups excluding carboxylic acids is 1. The van der Waals surface area contributed by atoms with E-state index in [0.29, 0.717) is 24.0 Å². The number of hydrogen-bond acceptors (Lipinski definition) is 4. The normalized spacial score (nSPS) is 12.0. The van der Waals surface area contributed by atoms with E-state index in [2.05, 4.69) is 24.3 Å². The number of benzene rings is 2. The molecule has 0 saturated carbocycles. The molecule has 0 aliphatic rings. The summed E-state index contributed by atoms with van der Waals surface area (Å²) in [6.45, 7) is 10.5. The number of ether oxygens (including phenoxy) is 2. The van der Waals surface area contributed by atoms with Gasteiger partial charge in [-0.3, -0.25) is 4.79 Å². The van der Waals surface area contributed by atoms with Gasteiger partial charge in [-0.1, -0.05) is 19.9 Å². The Morgan fingerprint density at radius 1 is 1.09 bits per heavy atom. The van der Waals surface area contributed by atoms with Gasteiger partial charge in [0, 0.05) is 11.3 Å². The molecule has 3 aromatic rings. The van der Waals surface area contributed by atoms with Crippen LogP contribution in [0, 0.1) is 25.6 Å². The van der Waals surface area contributed by atoms with Gasteiger partial charge in [0.25, 0.3) is 0 Å². The molecular formula is C26H32FN3O3. The van der Waals surface area contributed by atoms with Crippen molar-refractivity contribution in [1.82, 2.24) is 15.1 Å². The Morgan fingerprint density at radius 3 is 2.42 bits per heavy atom. The van der Waals surface area contributed by atoms with Crippen LogP contribution >= 0.6 is 0 Å². The van der Waals surface area contributed by atoms with Crippen LogP contribution in [0.25, 0.3) is 5.69 Å². The molecule has 176 valence electrons. The summed E-state index contributed by atoms with van der Waals surface area (Å²) in [5.41, 5.74) is 4.17. The van der Waals surface area contributed by atoms with E-state index in [9.17, 15) is 9.18 Å². The average molecular weight is 454 g/mol. The molecule has 1 atom stereocenters. The van der Waals surface area contributed by atoms with E-state index in [4.69, 9.17) is 9.47 Å². The molecule has 1 heterocycles. The summed E-state index contributed by atoms with van der Waals surface area (Å²) in [7, 11) is 1.61. The minimum atomic E-state index is -0.301. The van der Waals surface area contributed by atoms with Gasteiger partial charge in [0.05, 0.1) is 37.6 Å². The number of aromatic nitrogens is 2. The van der Waals surface area contributed by atoms with Crippen LogP contribution < -0.4 is 14.8 Å².